The van der Waals surface area contributed by atoms with E-state index in [1.807, 2.05) is 84.9 Å². The number of amides is 2. The largest absolute Gasteiger partial charge is 0.456 e. The normalized spacial score (nSPS) is 11.4. The first-order chi connectivity index (χ1) is 17.1. The molecule has 2 aromatic heterocycles. The van der Waals surface area contributed by atoms with Crippen molar-refractivity contribution in [3.63, 3.8) is 0 Å². The third kappa shape index (κ3) is 4.10. The molecule has 0 spiro atoms. The summed E-state index contributed by atoms with van der Waals surface area (Å²) >= 11 is 0. The van der Waals surface area contributed by atoms with Crippen LogP contribution in [-0.2, 0) is 9.59 Å². The molecule has 0 bridgehead atoms. The van der Waals surface area contributed by atoms with E-state index < -0.39 is 0 Å². The zero-order chi connectivity index (χ0) is 23.8. The summed E-state index contributed by atoms with van der Waals surface area (Å²) in [6.07, 6.45) is 0.930. The average molecular weight is 463 g/mol. The van der Waals surface area contributed by atoms with Gasteiger partial charge in [0, 0.05) is 57.9 Å². The number of benzene rings is 4. The SMILES string of the molecule is O=C(CCCC(=O)Nc1ccc2c(c1)oc1ccccc12)Nc1ccc2c(c1)oc1ccccc12. The number of fused-ring (bicyclic) bond motifs is 6. The molecule has 4 aromatic carbocycles. The van der Waals surface area contributed by atoms with Crippen LogP contribution < -0.4 is 10.6 Å². The molecule has 35 heavy (non-hydrogen) atoms. The summed E-state index contributed by atoms with van der Waals surface area (Å²) in [7, 11) is 0. The fourth-order valence-electron chi connectivity index (χ4n) is 4.46. The molecule has 2 N–H and O–H groups in total. The van der Waals surface area contributed by atoms with E-state index in [4.69, 9.17) is 8.83 Å². The van der Waals surface area contributed by atoms with Crippen molar-refractivity contribution in [1.82, 2.24) is 0 Å². The molecule has 0 fully saturated rings. The second-order valence-corrected chi connectivity index (χ2v) is 8.57. The number of furan rings is 2. The van der Waals surface area contributed by atoms with Gasteiger partial charge in [0.05, 0.1) is 0 Å². The molecule has 0 atom stereocenters. The summed E-state index contributed by atoms with van der Waals surface area (Å²) in [4.78, 5) is 24.8. The molecule has 0 aliphatic rings. The average Bonchev–Trinajstić information content (AvgIpc) is 3.41. The highest BCUT2D eigenvalue weighted by molar-refractivity contribution is 6.07. The summed E-state index contributed by atoms with van der Waals surface area (Å²) in [6.45, 7) is 0. The molecular weight excluding hydrogens is 440 g/mol. The molecular formula is C29H22N2O4. The first-order valence-electron chi connectivity index (χ1n) is 11.6. The molecule has 2 heterocycles. The number of carbonyl (C=O) groups is 2. The van der Waals surface area contributed by atoms with Crippen LogP contribution in [0.2, 0.25) is 0 Å². The molecule has 0 saturated heterocycles. The van der Waals surface area contributed by atoms with Crippen molar-refractivity contribution in [3.8, 4) is 0 Å². The van der Waals surface area contributed by atoms with Crippen LogP contribution in [0, 0.1) is 0 Å². The minimum Gasteiger partial charge on any atom is -0.456 e. The molecule has 0 radical (unpaired) electrons. The molecule has 2 amide bonds. The lowest BCUT2D eigenvalue weighted by Gasteiger charge is -2.07. The van der Waals surface area contributed by atoms with Gasteiger partial charge in [-0.15, -0.1) is 0 Å². The molecule has 6 aromatic rings. The highest BCUT2D eigenvalue weighted by Gasteiger charge is 2.11. The summed E-state index contributed by atoms with van der Waals surface area (Å²) in [5.41, 5.74) is 4.43. The van der Waals surface area contributed by atoms with Gasteiger partial charge in [0.25, 0.3) is 0 Å². The van der Waals surface area contributed by atoms with Crippen LogP contribution in [-0.4, -0.2) is 11.8 Å². The minimum absolute atomic E-state index is 0.142. The van der Waals surface area contributed by atoms with Crippen LogP contribution in [0.15, 0.2) is 93.8 Å². The molecule has 6 nitrogen and oxygen atoms in total. The lowest BCUT2D eigenvalue weighted by molar-refractivity contribution is -0.117. The number of rotatable bonds is 6. The Kier molecular flexibility index (Phi) is 5.19. The summed E-state index contributed by atoms with van der Waals surface area (Å²) in [6, 6.07) is 27.0. The molecule has 0 unspecified atom stereocenters. The topological polar surface area (TPSA) is 84.5 Å². The predicted octanol–water partition coefficient (Wildman–Crippen LogP) is 7.23. The highest BCUT2D eigenvalue weighted by atomic mass is 16.3. The van der Waals surface area contributed by atoms with Gasteiger partial charge in [0.15, 0.2) is 0 Å². The van der Waals surface area contributed by atoms with Gasteiger partial charge >= 0.3 is 0 Å². The van der Waals surface area contributed by atoms with E-state index in [2.05, 4.69) is 10.6 Å². The zero-order valence-electron chi connectivity index (χ0n) is 18.8. The zero-order valence-corrected chi connectivity index (χ0v) is 18.8. The van der Waals surface area contributed by atoms with Crippen LogP contribution in [0.4, 0.5) is 11.4 Å². The van der Waals surface area contributed by atoms with Crippen molar-refractivity contribution in [2.75, 3.05) is 10.6 Å². The van der Waals surface area contributed by atoms with E-state index in [9.17, 15) is 9.59 Å². The minimum atomic E-state index is -0.142. The number of carbonyl (C=O) groups excluding carboxylic acids is 2. The molecule has 0 aliphatic carbocycles. The van der Waals surface area contributed by atoms with Crippen LogP contribution in [0.3, 0.4) is 0 Å². The summed E-state index contributed by atoms with van der Waals surface area (Å²) in [5, 5.41) is 9.90. The van der Waals surface area contributed by atoms with Gasteiger partial charge < -0.3 is 19.5 Å². The van der Waals surface area contributed by atoms with Crippen LogP contribution in [0.5, 0.6) is 0 Å². The lowest BCUT2D eigenvalue weighted by atomic mass is 10.1. The van der Waals surface area contributed by atoms with E-state index in [0.29, 0.717) is 17.8 Å². The first kappa shape index (κ1) is 21.0. The van der Waals surface area contributed by atoms with Crippen molar-refractivity contribution < 1.29 is 18.4 Å². The van der Waals surface area contributed by atoms with E-state index in [1.165, 1.54) is 0 Å². The molecule has 6 heteroatoms. The fourth-order valence-corrected chi connectivity index (χ4v) is 4.46. The van der Waals surface area contributed by atoms with Crippen molar-refractivity contribution in [2.45, 2.75) is 19.3 Å². The maximum atomic E-state index is 12.4. The Balaban J connectivity index is 1.04. The van der Waals surface area contributed by atoms with Crippen molar-refractivity contribution in [2.24, 2.45) is 0 Å². The third-order valence-corrected chi connectivity index (χ3v) is 6.13. The fraction of sp³-hybridized carbons (Fsp3) is 0.103. The number of anilines is 2. The molecule has 6 rings (SSSR count). The smallest absolute Gasteiger partial charge is 0.224 e. The third-order valence-electron chi connectivity index (χ3n) is 6.13. The van der Waals surface area contributed by atoms with E-state index >= 15 is 0 Å². The standard InChI is InChI=1S/C29H22N2O4/c32-28(30-18-12-14-22-20-6-1-3-8-24(20)34-26(22)16-18)10-5-11-29(33)31-19-13-15-23-21-7-2-4-9-25(21)35-27(23)17-19/h1-4,6-9,12-17H,5,10-11H2,(H,30,32)(H,31,33). The van der Waals surface area contributed by atoms with Gasteiger partial charge in [-0.3, -0.25) is 9.59 Å². The molecule has 172 valence electrons. The van der Waals surface area contributed by atoms with Gasteiger partial charge in [-0.25, -0.2) is 0 Å². The van der Waals surface area contributed by atoms with Crippen molar-refractivity contribution in [3.05, 3.63) is 84.9 Å². The van der Waals surface area contributed by atoms with Gasteiger partial charge in [0.1, 0.15) is 22.3 Å². The predicted molar refractivity (Wildman–Crippen MR) is 139 cm³/mol. The van der Waals surface area contributed by atoms with Gasteiger partial charge in [-0.2, -0.15) is 0 Å². The van der Waals surface area contributed by atoms with Gasteiger partial charge in [-0.05, 0) is 42.8 Å². The quantitative estimate of drug-likeness (QED) is 0.273. The Morgan fingerprint density at radius 1 is 0.543 bits per heavy atom. The van der Waals surface area contributed by atoms with E-state index in [-0.39, 0.29) is 24.7 Å². The Morgan fingerprint density at radius 2 is 0.971 bits per heavy atom. The maximum Gasteiger partial charge on any atom is 0.224 e. The number of hydrogen-bond donors (Lipinski definition) is 2. The van der Waals surface area contributed by atoms with Gasteiger partial charge in [0.2, 0.25) is 11.8 Å². The number of nitrogens with one attached hydrogen (secondary N) is 2. The van der Waals surface area contributed by atoms with E-state index in [1.54, 1.807) is 0 Å². The van der Waals surface area contributed by atoms with Crippen molar-refractivity contribution >= 4 is 67.1 Å². The monoisotopic (exact) mass is 462 g/mol. The summed E-state index contributed by atoms with van der Waals surface area (Å²) in [5.74, 6) is -0.283. The Morgan fingerprint density at radius 3 is 1.46 bits per heavy atom. The Bertz CT molecular complexity index is 1600. The van der Waals surface area contributed by atoms with E-state index in [0.717, 1.165) is 43.9 Å². The maximum absolute atomic E-state index is 12.4. The Labute approximate surface area is 200 Å². The second-order valence-electron chi connectivity index (χ2n) is 8.57. The number of hydrogen-bond acceptors (Lipinski definition) is 4. The number of para-hydroxylation sites is 2. The lowest BCUT2D eigenvalue weighted by Crippen LogP contribution is -2.14. The van der Waals surface area contributed by atoms with Crippen LogP contribution >= 0.6 is 0 Å². The highest BCUT2D eigenvalue weighted by Crippen LogP contribution is 2.31. The second kappa shape index (κ2) is 8.65. The molecule has 0 saturated carbocycles. The van der Waals surface area contributed by atoms with Crippen LogP contribution in [0.25, 0.3) is 43.9 Å². The summed E-state index contributed by atoms with van der Waals surface area (Å²) < 4.78 is 11.8. The van der Waals surface area contributed by atoms with Crippen molar-refractivity contribution in [1.29, 1.82) is 0 Å². The van der Waals surface area contributed by atoms with Crippen LogP contribution in [0.1, 0.15) is 19.3 Å². The molecule has 0 aliphatic heterocycles. The van der Waals surface area contributed by atoms with Gasteiger partial charge in [-0.1, -0.05) is 36.4 Å². The Hall–Kier alpha value is -4.58. The first-order valence-corrected chi connectivity index (χ1v) is 11.6.